The van der Waals surface area contributed by atoms with Crippen LogP contribution in [0.4, 0.5) is 0 Å². The average Bonchev–Trinajstić information content (AvgIpc) is 3.13. The van der Waals surface area contributed by atoms with E-state index in [1.54, 1.807) is 6.08 Å². The van der Waals surface area contributed by atoms with Crippen LogP contribution in [-0.4, -0.2) is 87.5 Å². The zero-order chi connectivity index (χ0) is 37.4. The summed E-state index contributed by atoms with van der Waals surface area (Å²) >= 11 is 0. The highest BCUT2D eigenvalue weighted by Crippen LogP contribution is 2.22. The van der Waals surface area contributed by atoms with Gasteiger partial charge in [-0.15, -0.1) is 0 Å². The molecule has 2 unspecified atom stereocenters. The average molecular weight is 728 g/mol. The molecule has 1 aliphatic rings. The normalized spacial score (nSPS) is 22.1. The van der Waals surface area contributed by atoms with Crippen LogP contribution in [0.15, 0.2) is 12.2 Å². The summed E-state index contributed by atoms with van der Waals surface area (Å²) in [5.41, 5.74) is 0. The molecule has 1 saturated heterocycles. The van der Waals surface area contributed by atoms with Crippen molar-refractivity contribution < 1.29 is 39.8 Å². The van der Waals surface area contributed by atoms with Crippen molar-refractivity contribution in [2.75, 3.05) is 13.2 Å². The highest BCUT2D eigenvalue weighted by Gasteiger charge is 2.44. The summed E-state index contributed by atoms with van der Waals surface area (Å²) in [7, 11) is 0. The molecule has 0 aliphatic carbocycles. The van der Waals surface area contributed by atoms with E-state index in [1.807, 2.05) is 6.08 Å². The molecule has 1 heterocycles. The van der Waals surface area contributed by atoms with E-state index >= 15 is 0 Å². The van der Waals surface area contributed by atoms with Crippen LogP contribution in [0.3, 0.4) is 0 Å². The number of unbranched alkanes of at least 4 members (excludes halogenated alkanes) is 25. The largest absolute Gasteiger partial charge is 0.394 e. The van der Waals surface area contributed by atoms with E-state index in [2.05, 4.69) is 19.2 Å². The highest BCUT2D eigenvalue weighted by molar-refractivity contribution is 5.76. The number of amides is 1. The maximum Gasteiger partial charge on any atom is 0.220 e. The fraction of sp³-hybridized carbons (Fsp3) is 0.929. The van der Waals surface area contributed by atoms with Crippen LogP contribution >= 0.6 is 0 Å². The van der Waals surface area contributed by atoms with E-state index in [9.17, 15) is 30.3 Å². The number of hydrogen-bond donors (Lipinski definition) is 6. The number of carbonyl (C=O) groups excluding carboxylic acids is 1. The summed E-state index contributed by atoms with van der Waals surface area (Å²) in [5, 5.41) is 54.0. The molecule has 1 aliphatic heterocycles. The van der Waals surface area contributed by atoms with Gasteiger partial charge in [-0.2, -0.15) is 0 Å². The van der Waals surface area contributed by atoms with Gasteiger partial charge in [0.2, 0.25) is 5.91 Å². The number of aliphatic hydroxyl groups is 5. The molecule has 51 heavy (non-hydrogen) atoms. The Kier molecular flexibility index (Phi) is 31.5. The first-order valence-corrected chi connectivity index (χ1v) is 21.4. The molecule has 0 bridgehead atoms. The van der Waals surface area contributed by atoms with Crippen LogP contribution in [0.1, 0.15) is 194 Å². The molecule has 1 fully saturated rings. The van der Waals surface area contributed by atoms with Gasteiger partial charge >= 0.3 is 0 Å². The van der Waals surface area contributed by atoms with Gasteiger partial charge in [0.05, 0.1) is 25.4 Å². The van der Waals surface area contributed by atoms with Gasteiger partial charge in [-0.05, 0) is 19.3 Å². The summed E-state index contributed by atoms with van der Waals surface area (Å²) in [4.78, 5) is 12.9. The molecule has 0 spiro atoms. The fourth-order valence-electron chi connectivity index (χ4n) is 6.86. The Morgan fingerprint density at radius 2 is 1.08 bits per heavy atom. The van der Waals surface area contributed by atoms with E-state index in [0.29, 0.717) is 6.42 Å². The second kappa shape index (κ2) is 33.5. The van der Waals surface area contributed by atoms with Crippen molar-refractivity contribution in [3.63, 3.8) is 0 Å². The fourth-order valence-corrected chi connectivity index (χ4v) is 6.86. The summed E-state index contributed by atoms with van der Waals surface area (Å²) < 4.78 is 11.2. The quantitative estimate of drug-likeness (QED) is 0.0283. The van der Waals surface area contributed by atoms with Crippen LogP contribution in [0.5, 0.6) is 0 Å². The molecule has 302 valence electrons. The first-order chi connectivity index (χ1) is 24.8. The number of rotatable bonds is 35. The first kappa shape index (κ1) is 48.0. The van der Waals surface area contributed by atoms with E-state index in [-0.39, 0.29) is 12.5 Å². The molecule has 7 atom stereocenters. The molecular weight excluding hydrogens is 646 g/mol. The molecule has 9 nitrogen and oxygen atoms in total. The minimum Gasteiger partial charge on any atom is -0.394 e. The number of nitrogens with one attached hydrogen (secondary N) is 1. The number of carbonyl (C=O) groups is 1. The van der Waals surface area contributed by atoms with Crippen molar-refractivity contribution in [3.8, 4) is 0 Å². The van der Waals surface area contributed by atoms with Crippen molar-refractivity contribution in [1.82, 2.24) is 5.32 Å². The van der Waals surface area contributed by atoms with Gasteiger partial charge < -0.3 is 40.3 Å². The molecule has 0 saturated carbocycles. The Labute approximate surface area is 312 Å². The van der Waals surface area contributed by atoms with Gasteiger partial charge in [0.15, 0.2) is 6.29 Å². The van der Waals surface area contributed by atoms with E-state index in [4.69, 9.17) is 9.47 Å². The van der Waals surface area contributed by atoms with Crippen molar-refractivity contribution in [2.24, 2.45) is 0 Å². The second-order valence-corrected chi connectivity index (χ2v) is 15.1. The molecule has 1 rings (SSSR count). The number of ether oxygens (including phenoxy) is 2. The molecule has 9 heteroatoms. The zero-order valence-corrected chi connectivity index (χ0v) is 32.9. The molecule has 1 amide bonds. The summed E-state index contributed by atoms with van der Waals surface area (Å²) in [6, 6.07) is -0.796. The maximum atomic E-state index is 12.9. The van der Waals surface area contributed by atoms with E-state index in [0.717, 1.165) is 38.5 Å². The van der Waals surface area contributed by atoms with Crippen molar-refractivity contribution in [2.45, 2.75) is 236 Å². The van der Waals surface area contributed by atoms with Gasteiger partial charge in [-0.25, -0.2) is 0 Å². The lowest BCUT2D eigenvalue weighted by molar-refractivity contribution is -0.302. The zero-order valence-electron chi connectivity index (χ0n) is 32.9. The van der Waals surface area contributed by atoms with Gasteiger partial charge in [0.25, 0.3) is 0 Å². The summed E-state index contributed by atoms with van der Waals surface area (Å²) in [6.07, 6.45) is 29.6. The molecule has 6 N–H and O–H groups in total. The Morgan fingerprint density at radius 3 is 1.53 bits per heavy atom. The molecule has 0 aromatic rings. The molecule has 0 aromatic heterocycles. The molecular formula is C42H81NO8. The molecule has 0 aromatic carbocycles. The SMILES string of the molecule is CCCCCCCCCCCC/C=C/[C@@H](O)[C@H](CO[C@@H]1O[C@H](CO)[C@@H](O)C(O)C1O)NC(=O)CCCCCCCCCCCCCCCCCC. The number of aliphatic hydroxyl groups excluding tert-OH is 5. The monoisotopic (exact) mass is 728 g/mol. The lowest BCUT2D eigenvalue weighted by Gasteiger charge is -2.40. The Bertz CT molecular complexity index is 812. The predicted octanol–water partition coefficient (Wildman–Crippen LogP) is 8.17. The number of allylic oxidation sites excluding steroid dienone is 1. The van der Waals surface area contributed by atoms with Gasteiger partial charge in [0.1, 0.15) is 24.4 Å². The minimum atomic E-state index is -1.56. The van der Waals surface area contributed by atoms with E-state index in [1.165, 1.54) is 135 Å². The first-order valence-electron chi connectivity index (χ1n) is 21.4. The number of hydrogen-bond acceptors (Lipinski definition) is 8. The van der Waals surface area contributed by atoms with Crippen molar-refractivity contribution in [1.29, 1.82) is 0 Å². The molecule has 0 radical (unpaired) electrons. The Hall–Kier alpha value is -1.07. The van der Waals surface area contributed by atoms with E-state index < -0.39 is 49.5 Å². The lowest BCUT2D eigenvalue weighted by Crippen LogP contribution is -2.60. The lowest BCUT2D eigenvalue weighted by atomic mass is 9.99. The van der Waals surface area contributed by atoms with Crippen molar-refractivity contribution in [3.05, 3.63) is 12.2 Å². The van der Waals surface area contributed by atoms with Crippen LogP contribution < -0.4 is 5.32 Å². The highest BCUT2D eigenvalue weighted by atomic mass is 16.7. The standard InChI is InChI=1S/C42H81NO8/c1-3-5-7-9-11-13-15-17-18-19-20-22-24-26-28-30-32-38(46)43-35(34-50-42-41(49)40(48)39(47)37(33-44)51-42)36(45)31-29-27-25-23-21-16-14-12-10-8-6-4-2/h29,31,35-37,39-42,44-45,47-49H,3-28,30,32-34H2,1-2H3,(H,43,46)/b31-29+/t35-,36+,37+,39+,40?,41?,42+/m0/s1. The second-order valence-electron chi connectivity index (χ2n) is 15.1. The summed E-state index contributed by atoms with van der Waals surface area (Å²) in [6.45, 7) is 3.76. The predicted molar refractivity (Wildman–Crippen MR) is 207 cm³/mol. The Balaban J connectivity index is 2.38. The van der Waals surface area contributed by atoms with Crippen LogP contribution in [-0.2, 0) is 14.3 Å². The summed E-state index contributed by atoms with van der Waals surface area (Å²) in [5.74, 6) is -0.176. The topological polar surface area (TPSA) is 149 Å². The van der Waals surface area contributed by atoms with Crippen LogP contribution in [0.25, 0.3) is 0 Å². The van der Waals surface area contributed by atoms with Gasteiger partial charge in [0, 0.05) is 6.42 Å². The van der Waals surface area contributed by atoms with Crippen LogP contribution in [0.2, 0.25) is 0 Å². The maximum absolute atomic E-state index is 12.9. The van der Waals surface area contributed by atoms with Crippen molar-refractivity contribution >= 4 is 5.91 Å². The van der Waals surface area contributed by atoms with Gasteiger partial charge in [-0.1, -0.05) is 180 Å². The Morgan fingerprint density at radius 1 is 0.647 bits per heavy atom. The third kappa shape index (κ3) is 24.8. The smallest absolute Gasteiger partial charge is 0.220 e. The third-order valence-electron chi connectivity index (χ3n) is 10.4. The third-order valence-corrected chi connectivity index (χ3v) is 10.4. The van der Waals surface area contributed by atoms with Crippen LogP contribution in [0, 0.1) is 0 Å². The van der Waals surface area contributed by atoms with Gasteiger partial charge in [-0.3, -0.25) is 4.79 Å². The minimum absolute atomic E-state index is 0.176.